The van der Waals surface area contributed by atoms with Crippen LogP contribution >= 0.6 is 0 Å². The van der Waals surface area contributed by atoms with Crippen LogP contribution in [0.25, 0.3) is 17.1 Å². The minimum atomic E-state index is -0.266. The summed E-state index contributed by atoms with van der Waals surface area (Å²) in [5.41, 5.74) is 4.09. The van der Waals surface area contributed by atoms with Crippen LogP contribution in [-0.4, -0.2) is 44.7 Å². The van der Waals surface area contributed by atoms with E-state index in [1.54, 1.807) is 18.0 Å². The van der Waals surface area contributed by atoms with Crippen molar-refractivity contribution in [3.8, 4) is 0 Å². The van der Waals surface area contributed by atoms with Crippen molar-refractivity contribution in [3.05, 3.63) is 71.7 Å². The van der Waals surface area contributed by atoms with Gasteiger partial charge in [0.1, 0.15) is 5.82 Å². The molecule has 31 heavy (non-hydrogen) atoms. The van der Waals surface area contributed by atoms with Crippen LogP contribution in [0.4, 0.5) is 0 Å². The lowest BCUT2D eigenvalue weighted by atomic mass is 9.92. The van der Waals surface area contributed by atoms with E-state index in [1.807, 2.05) is 59.5 Å². The van der Waals surface area contributed by atoms with Crippen molar-refractivity contribution in [3.63, 3.8) is 0 Å². The van der Waals surface area contributed by atoms with Gasteiger partial charge in [0.25, 0.3) is 0 Å². The molecule has 0 spiro atoms. The first-order valence-corrected chi connectivity index (χ1v) is 10.9. The van der Waals surface area contributed by atoms with E-state index < -0.39 is 0 Å². The van der Waals surface area contributed by atoms with E-state index >= 15 is 0 Å². The highest BCUT2D eigenvalue weighted by Gasteiger charge is 2.32. The fourth-order valence-corrected chi connectivity index (χ4v) is 4.80. The lowest BCUT2D eigenvalue weighted by molar-refractivity contribution is -0.135. The number of carbonyl (C=O) groups excluding carboxylic acids is 2. The number of carbonyl (C=O) groups is 2. The van der Waals surface area contributed by atoms with Crippen LogP contribution < -0.4 is 0 Å². The molecule has 158 valence electrons. The summed E-state index contributed by atoms with van der Waals surface area (Å²) in [6.07, 6.45) is 5.99. The predicted molar refractivity (Wildman–Crippen MR) is 120 cm³/mol. The molecule has 2 aliphatic rings. The van der Waals surface area contributed by atoms with Gasteiger partial charge < -0.3 is 14.8 Å². The number of amides is 2. The minimum absolute atomic E-state index is 0.0534. The Balaban J connectivity index is 1.34. The number of nitrogens with zero attached hydrogens (tertiary/aromatic N) is 3. The zero-order valence-electron chi connectivity index (χ0n) is 17.6. The second-order valence-electron chi connectivity index (χ2n) is 8.41. The van der Waals surface area contributed by atoms with Crippen molar-refractivity contribution in [1.82, 2.24) is 19.8 Å². The van der Waals surface area contributed by atoms with Crippen molar-refractivity contribution in [2.45, 2.75) is 38.1 Å². The van der Waals surface area contributed by atoms with Gasteiger partial charge >= 0.3 is 0 Å². The van der Waals surface area contributed by atoms with Crippen molar-refractivity contribution in [2.24, 2.45) is 0 Å². The summed E-state index contributed by atoms with van der Waals surface area (Å²) in [4.78, 5) is 37.4. The number of aromatic nitrogens is 2. The minimum Gasteiger partial charge on any atom is -0.342 e. The van der Waals surface area contributed by atoms with Gasteiger partial charge in [-0.2, -0.15) is 0 Å². The number of piperidine rings is 1. The van der Waals surface area contributed by atoms with E-state index in [1.165, 1.54) is 0 Å². The third-order valence-corrected chi connectivity index (χ3v) is 6.41. The van der Waals surface area contributed by atoms with Gasteiger partial charge in [-0.25, -0.2) is 4.98 Å². The van der Waals surface area contributed by atoms with Crippen LogP contribution in [0.1, 0.15) is 55.1 Å². The molecule has 6 nitrogen and oxygen atoms in total. The number of likely N-dealkylation sites (tertiary alicyclic amines) is 1. The average molecular weight is 415 g/mol. The molecule has 2 aromatic carbocycles. The van der Waals surface area contributed by atoms with Crippen molar-refractivity contribution < 1.29 is 9.59 Å². The van der Waals surface area contributed by atoms with Crippen LogP contribution in [0.3, 0.4) is 0 Å². The van der Waals surface area contributed by atoms with Gasteiger partial charge in [0.2, 0.25) is 11.8 Å². The van der Waals surface area contributed by atoms with E-state index in [9.17, 15) is 9.59 Å². The molecule has 1 fully saturated rings. The molecule has 0 aliphatic carbocycles. The SMILES string of the molecule is CC(=O)N1C=Cc2ccccc2[C@H]1CC(=O)N1CCC[C@H](c2nc3ccccc3[nH]2)C1. The van der Waals surface area contributed by atoms with Gasteiger partial charge in [0.05, 0.1) is 23.5 Å². The maximum absolute atomic E-state index is 13.3. The number of rotatable bonds is 3. The molecule has 5 rings (SSSR count). The maximum atomic E-state index is 13.3. The molecule has 0 bridgehead atoms. The smallest absolute Gasteiger partial charge is 0.225 e. The van der Waals surface area contributed by atoms with E-state index in [-0.39, 0.29) is 30.2 Å². The molecule has 3 heterocycles. The van der Waals surface area contributed by atoms with Gasteiger partial charge in [-0.15, -0.1) is 0 Å². The fraction of sp³-hybridized carbons (Fsp3) is 0.320. The van der Waals surface area contributed by atoms with E-state index in [2.05, 4.69) is 4.98 Å². The molecule has 1 saturated heterocycles. The topological polar surface area (TPSA) is 69.3 Å². The summed E-state index contributed by atoms with van der Waals surface area (Å²) < 4.78 is 0. The maximum Gasteiger partial charge on any atom is 0.225 e. The highest BCUT2D eigenvalue weighted by atomic mass is 16.2. The second kappa shape index (κ2) is 8.02. The van der Waals surface area contributed by atoms with E-state index in [0.29, 0.717) is 6.54 Å². The quantitative estimate of drug-likeness (QED) is 0.697. The fourth-order valence-electron chi connectivity index (χ4n) is 4.80. The molecule has 1 N–H and O–H groups in total. The van der Waals surface area contributed by atoms with Gasteiger partial charge in [-0.3, -0.25) is 9.59 Å². The summed E-state index contributed by atoms with van der Waals surface area (Å²) in [7, 11) is 0. The number of imidazole rings is 1. The highest BCUT2D eigenvalue weighted by Crippen LogP contribution is 2.34. The standard InChI is InChI=1S/C25H26N4O2/c1-17(30)29-14-12-18-7-2-3-9-20(18)23(29)15-24(31)28-13-6-8-19(16-28)25-26-21-10-4-5-11-22(21)27-25/h2-5,7,9-12,14,19,23H,6,8,13,15-16H2,1H3,(H,26,27)/t19-,23+/m0/s1. The highest BCUT2D eigenvalue weighted by molar-refractivity contribution is 5.82. The second-order valence-corrected chi connectivity index (χ2v) is 8.41. The Morgan fingerprint density at radius 1 is 1.13 bits per heavy atom. The molecular formula is C25H26N4O2. The Morgan fingerprint density at radius 2 is 1.94 bits per heavy atom. The lowest BCUT2D eigenvalue weighted by Crippen LogP contribution is -2.42. The van der Waals surface area contributed by atoms with Crippen molar-refractivity contribution in [2.75, 3.05) is 13.1 Å². The largest absolute Gasteiger partial charge is 0.342 e. The zero-order chi connectivity index (χ0) is 21.4. The normalized spacial score (nSPS) is 20.7. The summed E-state index contributed by atoms with van der Waals surface area (Å²) in [5.74, 6) is 1.19. The summed E-state index contributed by atoms with van der Waals surface area (Å²) in [6, 6.07) is 15.7. The van der Waals surface area contributed by atoms with Crippen LogP contribution in [0.2, 0.25) is 0 Å². The number of para-hydroxylation sites is 2. The number of nitrogens with one attached hydrogen (secondary N) is 1. The number of hydrogen-bond donors (Lipinski definition) is 1. The zero-order valence-corrected chi connectivity index (χ0v) is 17.6. The molecule has 3 aromatic rings. The van der Waals surface area contributed by atoms with Crippen LogP contribution in [0.5, 0.6) is 0 Å². The third kappa shape index (κ3) is 3.74. The summed E-state index contributed by atoms with van der Waals surface area (Å²) >= 11 is 0. The molecule has 2 aliphatic heterocycles. The Hall–Kier alpha value is -3.41. The number of benzene rings is 2. The molecule has 2 atom stereocenters. The molecule has 0 radical (unpaired) electrons. The summed E-state index contributed by atoms with van der Waals surface area (Å²) in [6.45, 7) is 2.96. The monoisotopic (exact) mass is 414 g/mol. The number of hydrogen-bond acceptors (Lipinski definition) is 3. The first-order chi connectivity index (χ1) is 15.1. The van der Waals surface area contributed by atoms with E-state index in [0.717, 1.165) is 47.4 Å². The molecule has 0 unspecified atom stereocenters. The van der Waals surface area contributed by atoms with Crippen LogP contribution in [-0.2, 0) is 9.59 Å². The van der Waals surface area contributed by atoms with Crippen LogP contribution in [0, 0.1) is 0 Å². The molecule has 2 amide bonds. The van der Waals surface area contributed by atoms with Crippen LogP contribution in [0.15, 0.2) is 54.7 Å². The first kappa shape index (κ1) is 19.5. The Morgan fingerprint density at radius 3 is 2.77 bits per heavy atom. The molecule has 0 saturated carbocycles. The van der Waals surface area contributed by atoms with E-state index in [4.69, 9.17) is 4.98 Å². The predicted octanol–water partition coefficient (Wildman–Crippen LogP) is 4.23. The van der Waals surface area contributed by atoms with Crippen molar-refractivity contribution in [1.29, 1.82) is 0 Å². The van der Waals surface area contributed by atoms with Gasteiger partial charge in [-0.1, -0.05) is 36.4 Å². The van der Waals surface area contributed by atoms with Gasteiger partial charge in [-0.05, 0) is 42.2 Å². The van der Waals surface area contributed by atoms with Gasteiger partial charge in [0, 0.05) is 32.1 Å². The molecule has 1 aromatic heterocycles. The number of fused-ring (bicyclic) bond motifs is 2. The number of aromatic amines is 1. The Bertz CT molecular complexity index is 1130. The van der Waals surface area contributed by atoms with Crippen molar-refractivity contribution >= 4 is 28.9 Å². The molecular weight excluding hydrogens is 388 g/mol. The molecule has 6 heteroatoms. The lowest BCUT2D eigenvalue weighted by Gasteiger charge is -2.36. The third-order valence-electron chi connectivity index (χ3n) is 6.41. The summed E-state index contributed by atoms with van der Waals surface area (Å²) in [5, 5.41) is 0. The van der Waals surface area contributed by atoms with Gasteiger partial charge in [0.15, 0.2) is 0 Å². The number of H-pyrrole nitrogens is 1. The first-order valence-electron chi connectivity index (χ1n) is 10.9. The Kier molecular flexibility index (Phi) is 5.06. The Labute approximate surface area is 181 Å². The average Bonchev–Trinajstić information content (AvgIpc) is 3.23.